The van der Waals surface area contributed by atoms with E-state index in [1.54, 1.807) is 18.2 Å². The molecule has 1 aliphatic carbocycles. The number of halogens is 2. The number of fused-ring (bicyclic) bond motifs is 1. The van der Waals surface area contributed by atoms with Crippen LogP contribution in [0.3, 0.4) is 0 Å². The highest BCUT2D eigenvalue weighted by Crippen LogP contribution is 2.31. The van der Waals surface area contributed by atoms with Crippen molar-refractivity contribution in [1.82, 2.24) is 10.3 Å². The molecule has 118 valence electrons. The van der Waals surface area contributed by atoms with E-state index in [4.69, 9.17) is 27.9 Å². The molecule has 1 amide bonds. The molecule has 1 heterocycles. The van der Waals surface area contributed by atoms with Crippen molar-refractivity contribution in [2.24, 2.45) is 5.92 Å². The summed E-state index contributed by atoms with van der Waals surface area (Å²) in [7, 11) is 0. The number of H-pyrrole nitrogens is 1. The molecule has 6 heteroatoms. The smallest absolute Gasteiger partial charge is 0.393 e. The predicted octanol–water partition coefficient (Wildman–Crippen LogP) is 5.14. The number of carbonyl (C=O) groups is 1. The molecule has 0 unspecified atom stereocenters. The number of hydrogen-bond donors (Lipinski definition) is 2. The molecule has 1 aromatic carbocycles. The van der Waals surface area contributed by atoms with Crippen LogP contribution in [-0.2, 0) is 0 Å². The highest BCUT2D eigenvalue weighted by Gasteiger charge is 2.20. The van der Waals surface area contributed by atoms with Crippen LogP contribution < -0.4 is 10.1 Å². The Morgan fingerprint density at radius 3 is 2.68 bits per heavy atom. The van der Waals surface area contributed by atoms with Crippen LogP contribution in [0.15, 0.2) is 18.2 Å². The number of rotatable bonds is 2. The van der Waals surface area contributed by atoms with E-state index >= 15 is 0 Å². The van der Waals surface area contributed by atoms with Crippen molar-refractivity contribution in [3.05, 3.63) is 28.2 Å². The van der Waals surface area contributed by atoms with Crippen LogP contribution in [0.4, 0.5) is 4.79 Å². The molecule has 0 bridgehead atoms. The SMILES string of the molecule is CC1CCC(NC(=O)Oc2cc3c(Cl)cc(Cl)cc3[nH]2)CC1. The highest BCUT2D eigenvalue weighted by molar-refractivity contribution is 6.38. The van der Waals surface area contributed by atoms with Gasteiger partial charge in [-0.1, -0.05) is 30.1 Å². The number of aromatic amines is 1. The van der Waals surface area contributed by atoms with Crippen molar-refractivity contribution >= 4 is 40.2 Å². The summed E-state index contributed by atoms with van der Waals surface area (Å²) in [4.78, 5) is 15.0. The Morgan fingerprint density at radius 2 is 1.95 bits per heavy atom. The molecule has 0 radical (unpaired) electrons. The zero-order valence-electron chi connectivity index (χ0n) is 12.3. The van der Waals surface area contributed by atoms with Crippen molar-refractivity contribution in [2.45, 2.75) is 38.6 Å². The summed E-state index contributed by atoms with van der Waals surface area (Å²) in [6.07, 6.45) is 3.86. The Hall–Kier alpha value is -1.39. The van der Waals surface area contributed by atoms with Crippen LogP contribution in [0.5, 0.6) is 5.88 Å². The van der Waals surface area contributed by atoms with Gasteiger partial charge in [-0.05, 0) is 43.7 Å². The first-order chi connectivity index (χ1) is 10.5. The molecule has 0 saturated heterocycles. The molecule has 1 saturated carbocycles. The molecular weight excluding hydrogens is 323 g/mol. The number of ether oxygens (including phenoxy) is 1. The lowest BCUT2D eigenvalue weighted by Gasteiger charge is -2.26. The standard InChI is InChI=1S/C16H18Cl2N2O2/c1-9-2-4-11(5-3-9)19-16(21)22-15-8-12-13(18)6-10(17)7-14(12)20-15/h6-9,11,20H,2-5H2,1H3,(H,19,21). The minimum atomic E-state index is -0.437. The molecular formula is C16H18Cl2N2O2. The topological polar surface area (TPSA) is 54.1 Å². The van der Waals surface area contributed by atoms with Crippen LogP contribution in [0.1, 0.15) is 32.6 Å². The zero-order chi connectivity index (χ0) is 15.7. The van der Waals surface area contributed by atoms with E-state index in [0.717, 1.165) is 42.5 Å². The van der Waals surface area contributed by atoms with Gasteiger partial charge in [0.25, 0.3) is 0 Å². The van der Waals surface area contributed by atoms with Gasteiger partial charge in [-0.25, -0.2) is 4.79 Å². The van der Waals surface area contributed by atoms with E-state index < -0.39 is 6.09 Å². The van der Waals surface area contributed by atoms with E-state index in [9.17, 15) is 4.79 Å². The van der Waals surface area contributed by atoms with Crippen LogP contribution >= 0.6 is 23.2 Å². The van der Waals surface area contributed by atoms with Crippen LogP contribution in [0, 0.1) is 5.92 Å². The van der Waals surface area contributed by atoms with Gasteiger partial charge in [0.15, 0.2) is 0 Å². The highest BCUT2D eigenvalue weighted by atomic mass is 35.5. The molecule has 4 nitrogen and oxygen atoms in total. The minimum Gasteiger partial charge on any atom is -0.393 e. The fraction of sp³-hybridized carbons (Fsp3) is 0.438. The van der Waals surface area contributed by atoms with Gasteiger partial charge < -0.3 is 15.0 Å². The number of hydrogen-bond acceptors (Lipinski definition) is 2. The first-order valence-electron chi connectivity index (χ1n) is 7.47. The van der Waals surface area contributed by atoms with Crippen LogP contribution in [0.2, 0.25) is 10.0 Å². The summed E-state index contributed by atoms with van der Waals surface area (Å²) in [6, 6.07) is 5.31. The van der Waals surface area contributed by atoms with E-state index in [1.165, 1.54) is 0 Å². The predicted molar refractivity (Wildman–Crippen MR) is 88.9 cm³/mol. The van der Waals surface area contributed by atoms with Gasteiger partial charge in [-0.2, -0.15) is 0 Å². The Morgan fingerprint density at radius 1 is 1.23 bits per heavy atom. The first-order valence-corrected chi connectivity index (χ1v) is 8.23. The van der Waals surface area contributed by atoms with Crippen molar-refractivity contribution in [1.29, 1.82) is 0 Å². The summed E-state index contributed by atoms with van der Waals surface area (Å²) >= 11 is 12.1. The lowest BCUT2D eigenvalue weighted by molar-refractivity contribution is 0.187. The molecule has 2 aromatic rings. The van der Waals surface area contributed by atoms with Crippen LogP contribution in [0.25, 0.3) is 10.9 Å². The molecule has 1 fully saturated rings. The molecule has 0 atom stereocenters. The molecule has 3 rings (SSSR count). The number of benzene rings is 1. The summed E-state index contributed by atoms with van der Waals surface area (Å²) in [5.74, 6) is 1.11. The van der Waals surface area contributed by atoms with Gasteiger partial charge in [0.1, 0.15) is 0 Å². The Labute approximate surface area is 139 Å². The van der Waals surface area contributed by atoms with Crippen molar-refractivity contribution in [3.63, 3.8) is 0 Å². The summed E-state index contributed by atoms with van der Waals surface area (Å²) < 4.78 is 5.32. The third-order valence-corrected chi connectivity index (χ3v) is 4.70. The average molecular weight is 341 g/mol. The Bertz CT molecular complexity index is 691. The zero-order valence-corrected chi connectivity index (χ0v) is 13.8. The monoisotopic (exact) mass is 340 g/mol. The second-order valence-electron chi connectivity index (χ2n) is 5.97. The lowest BCUT2D eigenvalue weighted by atomic mass is 9.87. The van der Waals surface area contributed by atoms with E-state index in [1.807, 2.05) is 0 Å². The van der Waals surface area contributed by atoms with Crippen molar-refractivity contribution in [2.75, 3.05) is 0 Å². The first kappa shape index (κ1) is 15.5. The second-order valence-corrected chi connectivity index (χ2v) is 6.82. The fourth-order valence-corrected chi connectivity index (χ4v) is 3.44. The third-order valence-electron chi connectivity index (χ3n) is 4.17. The average Bonchev–Trinajstić information content (AvgIpc) is 2.84. The quantitative estimate of drug-likeness (QED) is 0.794. The van der Waals surface area contributed by atoms with Crippen molar-refractivity contribution < 1.29 is 9.53 Å². The second kappa shape index (κ2) is 6.39. The number of aromatic nitrogens is 1. The molecule has 0 aliphatic heterocycles. The molecule has 2 N–H and O–H groups in total. The number of carbonyl (C=O) groups excluding carboxylic acids is 1. The Balaban J connectivity index is 1.65. The maximum atomic E-state index is 12.0. The minimum absolute atomic E-state index is 0.200. The van der Waals surface area contributed by atoms with Gasteiger partial charge in [0, 0.05) is 22.5 Å². The summed E-state index contributed by atoms with van der Waals surface area (Å²) in [5.41, 5.74) is 0.742. The fourth-order valence-electron chi connectivity index (χ4n) is 2.89. The maximum absolute atomic E-state index is 12.0. The molecule has 0 spiro atoms. The Kier molecular flexibility index (Phi) is 4.50. The van der Waals surface area contributed by atoms with Crippen LogP contribution in [-0.4, -0.2) is 17.1 Å². The molecule has 1 aromatic heterocycles. The largest absolute Gasteiger partial charge is 0.414 e. The summed E-state index contributed by atoms with van der Waals surface area (Å²) in [6.45, 7) is 2.24. The van der Waals surface area contributed by atoms with Gasteiger partial charge >= 0.3 is 6.09 Å². The molecule has 1 aliphatic rings. The van der Waals surface area contributed by atoms with Gasteiger partial charge in [-0.15, -0.1) is 0 Å². The van der Waals surface area contributed by atoms with Gasteiger partial charge in [-0.3, -0.25) is 0 Å². The molecule has 22 heavy (non-hydrogen) atoms. The lowest BCUT2D eigenvalue weighted by Crippen LogP contribution is -2.39. The van der Waals surface area contributed by atoms with Crippen molar-refractivity contribution in [3.8, 4) is 5.88 Å². The van der Waals surface area contributed by atoms with E-state index in [-0.39, 0.29) is 6.04 Å². The maximum Gasteiger partial charge on any atom is 0.414 e. The van der Waals surface area contributed by atoms with Gasteiger partial charge in [0.05, 0.1) is 10.5 Å². The van der Waals surface area contributed by atoms with E-state index in [2.05, 4.69) is 17.2 Å². The third kappa shape index (κ3) is 3.50. The normalized spacial score (nSPS) is 21.8. The number of amides is 1. The summed E-state index contributed by atoms with van der Waals surface area (Å²) in [5, 5.41) is 4.75. The number of nitrogens with one attached hydrogen (secondary N) is 2. The van der Waals surface area contributed by atoms with Gasteiger partial charge in [0.2, 0.25) is 5.88 Å². The van der Waals surface area contributed by atoms with E-state index in [0.29, 0.717) is 15.9 Å².